The molecule has 1 fully saturated rings. The van der Waals surface area contributed by atoms with Crippen LogP contribution in [-0.2, 0) is 23.8 Å². The van der Waals surface area contributed by atoms with E-state index in [2.05, 4.69) is 79.9 Å². The molecule has 0 bridgehead atoms. The molecule has 1 aliphatic rings. The Hall–Kier alpha value is -2.90. The van der Waals surface area contributed by atoms with Crippen molar-refractivity contribution in [3.05, 3.63) is 72.9 Å². The monoisotopic (exact) mass is 1270 g/mol. The summed E-state index contributed by atoms with van der Waals surface area (Å²) in [7, 11) is 0. The topological polar surface area (TPSA) is 175 Å². The smallest absolute Gasteiger partial charge is 0.305 e. The lowest BCUT2D eigenvalue weighted by Crippen LogP contribution is -2.60. The Kier molecular flexibility index (Phi) is 63.9. The van der Waals surface area contributed by atoms with Crippen LogP contribution >= 0.6 is 0 Å². The third kappa shape index (κ3) is 55.5. The van der Waals surface area contributed by atoms with Gasteiger partial charge >= 0.3 is 5.97 Å². The van der Waals surface area contributed by atoms with Gasteiger partial charge in [-0.3, -0.25) is 9.59 Å². The van der Waals surface area contributed by atoms with E-state index in [9.17, 15) is 35.1 Å². The summed E-state index contributed by atoms with van der Waals surface area (Å²) in [5.41, 5.74) is 0. The number of aliphatic hydroxyl groups is 5. The van der Waals surface area contributed by atoms with E-state index >= 15 is 0 Å². The molecule has 7 unspecified atom stereocenters. The molecule has 0 radical (unpaired) electrons. The zero-order valence-corrected chi connectivity index (χ0v) is 58.3. The molecule has 11 heteroatoms. The Bertz CT molecular complexity index is 1730. The average Bonchev–Trinajstić information content (AvgIpc) is 0.977. The minimum Gasteiger partial charge on any atom is -0.466 e. The van der Waals surface area contributed by atoms with Crippen LogP contribution in [0.1, 0.15) is 354 Å². The number of rotatable bonds is 67. The number of allylic oxidation sites excluding steroid dienone is 11. The van der Waals surface area contributed by atoms with Gasteiger partial charge in [0.1, 0.15) is 24.4 Å². The molecule has 1 aliphatic heterocycles. The fourth-order valence-corrected chi connectivity index (χ4v) is 11.7. The quantitative estimate of drug-likeness (QED) is 0.0195. The summed E-state index contributed by atoms with van der Waals surface area (Å²) in [6.07, 6.45) is 82.2. The maximum Gasteiger partial charge on any atom is 0.305 e. The molecule has 7 atom stereocenters. The van der Waals surface area contributed by atoms with Gasteiger partial charge in [-0.2, -0.15) is 0 Å². The number of carbonyl (C=O) groups excluding carboxylic acids is 2. The fraction of sp³-hybridized carbons (Fsp3) is 0.823. The van der Waals surface area contributed by atoms with Crippen molar-refractivity contribution in [3.63, 3.8) is 0 Å². The number of aliphatic hydroxyl groups excluding tert-OH is 5. The molecule has 6 N–H and O–H groups in total. The fourth-order valence-electron chi connectivity index (χ4n) is 11.7. The van der Waals surface area contributed by atoms with E-state index in [4.69, 9.17) is 14.2 Å². The van der Waals surface area contributed by atoms with Gasteiger partial charge in [0, 0.05) is 12.8 Å². The average molecular weight is 1270 g/mol. The van der Waals surface area contributed by atoms with Gasteiger partial charge in [0.2, 0.25) is 5.91 Å². The van der Waals surface area contributed by atoms with Crippen molar-refractivity contribution >= 4 is 11.9 Å². The molecule has 0 aliphatic carbocycles. The number of esters is 1. The van der Waals surface area contributed by atoms with E-state index in [-0.39, 0.29) is 18.5 Å². The molecular weight excluding hydrogens is 1120 g/mol. The van der Waals surface area contributed by atoms with E-state index in [0.29, 0.717) is 19.4 Å². The molecule has 1 amide bonds. The van der Waals surface area contributed by atoms with Gasteiger partial charge in [-0.1, -0.05) is 311 Å². The van der Waals surface area contributed by atoms with E-state index in [1.807, 2.05) is 6.08 Å². The lowest BCUT2D eigenvalue weighted by molar-refractivity contribution is -0.302. The second-order valence-electron chi connectivity index (χ2n) is 26.3. The van der Waals surface area contributed by atoms with Gasteiger partial charge < -0.3 is 45.1 Å². The number of hydrogen-bond donors (Lipinski definition) is 6. The van der Waals surface area contributed by atoms with Crippen molar-refractivity contribution in [2.75, 3.05) is 19.8 Å². The number of ether oxygens (including phenoxy) is 3. The van der Waals surface area contributed by atoms with Gasteiger partial charge in [0.15, 0.2) is 6.29 Å². The minimum absolute atomic E-state index is 0.00257. The third-order valence-corrected chi connectivity index (χ3v) is 17.8. The molecule has 0 aromatic heterocycles. The zero-order valence-electron chi connectivity index (χ0n) is 58.3. The summed E-state index contributed by atoms with van der Waals surface area (Å²) in [5.74, 6) is -0.192. The normalized spacial score (nSPS) is 18.1. The Morgan fingerprint density at radius 3 is 1.20 bits per heavy atom. The van der Waals surface area contributed by atoms with Crippen molar-refractivity contribution in [1.29, 1.82) is 0 Å². The van der Waals surface area contributed by atoms with Crippen molar-refractivity contribution in [2.24, 2.45) is 0 Å². The second-order valence-corrected chi connectivity index (χ2v) is 26.3. The predicted molar refractivity (Wildman–Crippen MR) is 380 cm³/mol. The summed E-state index contributed by atoms with van der Waals surface area (Å²) in [6.45, 7) is 4.29. The molecule has 1 saturated heterocycles. The second kappa shape index (κ2) is 67.5. The Balaban J connectivity index is 1.91. The molecular formula is C79H143NO10. The van der Waals surface area contributed by atoms with Crippen LogP contribution < -0.4 is 5.32 Å². The van der Waals surface area contributed by atoms with Crippen LogP contribution in [-0.4, -0.2) is 100 Å². The Morgan fingerprint density at radius 2 is 0.767 bits per heavy atom. The highest BCUT2D eigenvalue weighted by Crippen LogP contribution is 2.23. The highest BCUT2D eigenvalue weighted by atomic mass is 16.7. The lowest BCUT2D eigenvalue weighted by Gasteiger charge is -2.40. The van der Waals surface area contributed by atoms with Gasteiger partial charge in [-0.15, -0.1) is 0 Å². The van der Waals surface area contributed by atoms with Gasteiger partial charge in [0.25, 0.3) is 0 Å². The maximum atomic E-state index is 13.0. The van der Waals surface area contributed by atoms with Crippen LogP contribution in [0.2, 0.25) is 0 Å². The predicted octanol–water partition coefficient (Wildman–Crippen LogP) is 20.2. The molecule has 0 saturated carbocycles. The molecule has 524 valence electrons. The van der Waals surface area contributed by atoms with E-state index < -0.39 is 49.5 Å². The summed E-state index contributed by atoms with van der Waals surface area (Å²) in [6, 6.07) is -0.826. The van der Waals surface area contributed by atoms with Gasteiger partial charge in [-0.05, 0) is 103 Å². The number of nitrogens with one attached hydrogen (secondary N) is 1. The van der Waals surface area contributed by atoms with Crippen molar-refractivity contribution in [3.8, 4) is 0 Å². The van der Waals surface area contributed by atoms with E-state index in [1.165, 1.54) is 257 Å². The molecule has 11 nitrogen and oxygen atoms in total. The summed E-state index contributed by atoms with van der Waals surface area (Å²) in [4.78, 5) is 25.1. The van der Waals surface area contributed by atoms with Crippen LogP contribution in [0.4, 0.5) is 0 Å². The highest BCUT2D eigenvalue weighted by molar-refractivity contribution is 5.76. The maximum absolute atomic E-state index is 13.0. The van der Waals surface area contributed by atoms with Gasteiger partial charge in [0.05, 0.1) is 32.0 Å². The molecule has 0 aromatic carbocycles. The van der Waals surface area contributed by atoms with Crippen molar-refractivity contribution < 1.29 is 49.3 Å². The Morgan fingerprint density at radius 1 is 0.411 bits per heavy atom. The molecule has 0 spiro atoms. The first-order valence-electron chi connectivity index (χ1n) is 38.2. The first-order chi connectivity index (χ1) is 44.2. The van der Waals surface area contributed by atoms with Crippen LogP contribution in [0, 0.1) is 0 Å². The standard InChI is InChI=1S/C79H143NO10/c1-3-5-7-9-11-13-15-16-43-47-51-55-59-63-67-75(84)88-68-64-60-56-52-48-44-41-39-37-35-33-31-29-27-25-23-21-19-17-18-20-22-24-26-28-30-32-34-36-38-40-42-46-50-54-58-62-66-74(83)80-71(70-89-79-78(87)77(86)76(85)73(69-81)90-79)72(82)65-61-57-53-49-45-14-12-10-8-6-4-2/h9,11,15-17,19,23,25,45,49,61,65,71-73,76-79,81-82,85-87H,3-8,10,12-14,18,20-22,24,26-44,46-48,50-60,62-64,66-70H2,1-2H3,(H,80,83)/b11-9-,16-15-,19-17-,25-23-,49-45+,65-61+. The van der Waals surface area contributed by atoms with Crippen molar-refractivity contribution in [2.45, 2.75) is 397 Å². The zero-order chi connectivity index (χ0) is 65.1. The first-order valence-corrected chi connectivity index (χ1v) is 38.2. The van der Waals surface area contributed by atoms with Crippen LogP contribution in [0.25, 0.3) is 0 Å². The third-order valence-electron chi connectivity index (χ3n) is 17.8. The molecule has 1 rings (SSSR count). The Labute approximate surface area is 553 Å². The molecule has 90 heavy (non-hydrogen) atoms. The van der Waals surface area contributed by atoms with Crippen LogP contribution in [0.15, 0.2) is 72.9 Å². The van der Waals surface area contributed by atoms with E-state index in [0.717, 1.165) is 70.6 Å². The lowest BCUT2D eigenvalue weighted by atomic mass is 9.99. The van der Waals surface area contributed by atoms with Crippen LogP contribution in [0.5, 0.6) is 0 Å². The largest absolute Gasteiger partial charge is 0.466 e. The number of carbonyl (C=O) groups is 2. The number of unbranched alkanes of at least 4 members (excludes halogenated alkanes) is 43. The summed E-state index contributed by atoms with van der Waals surface area (Å²) < 4.78 is 16.7. The number of amides is 1. The van der Waals surface area contributed by atoms with E-state index in [1.54, 1.807) is 6.08 Å². The molecule has 1 heterocycles. The SMILES string of the molecule is CCCC/C=C\C/C=C\CCCCCCCC(=O)OCCCCCCCCCCCCCCC/C=C\C/C=C\CCCCCCCCCCCCCCCCCCCC(=O)NC(COC1OC(CO)C(O)C(O)C1O)C(O)/C=C/CC/C=C/CCCCCCC. The van der Waals surface area contributed by atoms with Gasteiger partial charge in [-0.25, -0.2) is 0 Å². The highest BCUT2D eigenvalue weighted by Gasteiger charge is 2.44. The summed E-state index contributed by atoms with van der Waals surface area (Å²) in [5, 5.41) is 54.4. The summed E-state index contributed by atoms with van der Waals surface area (Å²) >= 11 is 0. The first kappa shape index (κ1) is 85.1. The minimum atomic E-state index is -1.58. The van der Waals surface area contributed by atoms with Crippen LogP contribution in [0.3, 0.4) is 0 Å². The van der Waals surface area contributed by atoms with Crippen molar-refractivity contribution in [1.82, 2.24) is 5.32 Å². The molecule has 0 aromatic rings. The number of hydrogen-bond acceptors (Lipinski definition) is 10.